The number of aromatic carboxylic acids is 1. The maximum Gasteiger partial charge on any atom is 1.00 e. The number of hydrogen-bond donors (Lipinski definition) is 1. The summed E-state index contributed by atoms with van der Waals surface area (Å²) in [7, 11) is 0. The molecule has 2 aromatic rings. The molecular weight excluding hydrogens is 463 g/mol. The average Bonchev–Trinajstić information content (AvgIpc) is 2.75. The maximum absolute atomic E-state index is 11.4. The van der Waals surface area contributed by atoms with Crippen molar-refractivity contribution in [2.24, 2.45) is 0 Å². The number of carboxylic acid groups (broad SMARTS) is 2. The molecule has 0 aliphatic rings. The number of rotatable bonds is 8. The van der Waals surface area contributed by atoms with Crippen molar-refractivity contribution in [3.63, 3.8) is 0 Å². The standard InChI is InChI=1S/C10H11NO3.C6H5NO2.C5H8O4.K/c1-2-14-10(13)6-9(12)8-4-3-5-11-7-8;8-6(9)5-2-1-3-7-4-5;1-2-9-5(8)3-4(6)7;/h3-5,7H,2,6H2,1H3;1-4H,(H,8,9);2-3H2,1H3,(H,6,7);/q;;;+1/p-1. The van der Waals surface area contributed by atoms with Crippen molar-refractivity contribution in [3.05, 3.63) is 60.2 Å². The summed E-state index contributed by atoms with van der Waals surface area (Å²) in [4.78, 5) is 59.8. The van der Waals surface area contributed by atoms with Crippen LogP contribution in [-0.4, -0.2) is 57.9 Å². The van der Waals surface area contributed by atoms with Gasteiger partial charge in [-0.25, -0.2) is 4.79 Å². The van der Waals surface area contributed by atoms with Crippen molar-refractivity contribution < 1.29 is 95.0 Å². The van der Waals surface area contributed by atoms with E-state index in [2.05, 4.69) is 19.4 Å². The molecule has 0 amide bonds. The van der Waals surface area contributed by atoms with Crippen LogP contribution in [0.5, 0.6) is 0 Å². The van der Waals surface area contributed by atoms with Crippen LogP contribution in [0.25, 0.3) is 0 Å². The van der Waals surface area contributed by atoms with E-state index in [0.717, 1.165) is 0 Å². The molecule has 2 rings (SSSR count). The van der Waals surface area contributed by atoms with Gasteiger partial charge in [0.2, 0.25) is 0 Å². The van der Waals surface area contributed by atoms with Gasteiger partial charge in [-0.1, -0.05) is 0 Å². The van der Waals surface area contributed by atoms with Gasteiger partial charge in [0.1, 0.15) is 6.42 Å². The molecule has 11 nitrogen and oxygen atoms in total. The third-order valence-electron chi connectivity index (χ3n) is 3.10. The molecule has 12 heteroatoms. The summed E-state index contributed by atoms with van der Waals surface area (Å²) < 4.78 is 8.95. The predicted molar refractivity (Wildman–Crippen MR) is 107 cm³/mol. The van der Waals surface area contributed by atoms with Gasteiger partial charge in [-0.05, 0) is 38.1 Å². The molecule has 0 bridgehead atoms. The van der Waals surface area contributed by atoms with Crippen LogP contribution in [0, 0.1) is 0 Å². The Kier molecular flexibility index (Phi) is 19.9. The van der Waals surface area contributed by atoms with Crippen molar-refractivity contribution in [1.82, 2.24) is 9.97 Å². The first-order valence-electron chi connectivity index (χ1n) is 9.28. The Labute approximate surface area is 232 Å². The number of carbonyl (C=O) groups is 5. The number of aromatic nitrogens is 2. The summed E-state index contributed by atoms with van der Waals surface area (Å²) in [6.07, 6.45) is 4.96. The maximum atomic E-state index is 11.4. The van der Waals surface area contributed by atoms with E-state index >= 15 is 0 Å². The van der Waals surface area contributed by atoms with Gasteiger partial charge in [0, 0.05) is 30.4 Å². The van der Waals surface area contributed by atoms with Crippen LogP contribution in [-0.2, 0) is 23.9 Å². The number of carboxylic acids is 2. The van der Waals surface area contributed by atoms with Crippen LogP contribution in [0.4, 0.5) is 0 Å². The molecule has 0 aliphatic heterocycles. The fourth-order valence-electron chi connectivity index (χ4n) is 1.79. The van der Waals surface area contributed by atoms with Gasteiger partial charge in [0.05, 0.1) is 31.2 Å². The minimum Gasteiger partial charge on any atom is -0.550 e. The minimum absolute atomic E-state index is 0. The Morgan fingerprint density at radius 2 is 1.30 bits per heavy atom. The fraction of sp³-hybridized carbons (Fsp3) is 0.286. The second kappa shape index (κ2) is 20.1. The number of ketones is 1. The molecule has 0 aliphatic carbocycles. The molecule has 0 unspecified atom stereocenters. The Bertz CT molecular complexity index is 878. The van der Waals surface area contributed by atoms with Crippen LogP contribution < -0.4 is 56.5 Å². The van der Waals surface area contributed by atoms with Crippen LogP contribution in [0.15, 0.2) is 49.1 Å². The third-order valence-corrected chi connectivity index (χ3v) is 3.10. The van der Waals surface area contributed by atoms with E-state index in [0.29, 0.717) is 12.2 Å². The molecule has 33 heavy (non-hydrogen) atoms. The van der Waals surface area contributed by atoms with Gasteiger partial charge in [-0.3, -0.25) is 24.4 Å². The molecule has 0 spiro atoms. The van der Waals surface area contributed by atoms with Gasteiger partial charge in [0.25, 0.3) is 0 Å². The van der Waals surface area contributed by atoms with E-state index in [-0.39, 0.29) is 75.8 Å². The molecule has 0 radical (unpaired) electrons. The van der Waals surface area contributed by atoms with Gasteiger partial charge < -0.3 is 24.5 Å². The van der Waals surface area contributed by atoms with Gasteiger partial charge in [0.15, 0.2) is 5.78 Å². The van der Waals surface area contributed by atoms with Crippen molar-refractivity contribution in [2.75, 3.05) is 13.2 Å². The average molecular weight is 487 g/mol. The number of esters is 2. The van der Waals surface area contributed by atoms with Crippen LogP contribution in [0.1, 0.15) is 47.4 Å². The van der Waals surface area contributed by atoms with E-state index in [9.17, 15) is 29.1 Å². The minimum atomic E-state index is -1.41. The molecule has 0 fully saturated rings. The van der Waals surface area contributed by atoms with E-state index in [1.807, 2.05) is 0 Å². The molecule has 172 valence electrons. The smallest absolute Gasteiger partial charge is 0.550 e. The van der Waals surface area contributed by atoms with E-state index in [1.165, 1.54) is 24.7 Å². The van der Waals surface area contributed by atoms with Crippen molar-refractivity contribution in [3.8, 4) is 0 Å². The summed E-state index contributed by atoms with van der Waals surface area (Å²) in [6, 6.07) is 6.35. The Hall–Kier alpha value is -2.51. The van der Waals surface area contributed by atoms with E-state index < -0.39 is 30.3 Å². The Balaban J connectivity index is 0. The van der Waals surface area contributed by atoms with E-state index in [1.54, 1.807) is 38.2 Å². The first-order chi connectivity index (χ1) is 15.2. The zero-order chi connectivity index (χ0) is 24.4. The number of pyridine rings is 2. The summed E-state index contributed by atoms with van der Waals surface area (Å²) in [5.74, 6) is -3.87. The molecule has 0 saturated heterocycles. The Morgan fingerprint density at radius 1 is 0.848 bits per heavy atom. The number of aliphatic carboxylic acids is 1. The normalized spacial score (nSPS) is 8.79. The molecule has 2 heterocycles. The van der Waals surface area contributed by atoms with Gasteiger partial charge in [-0.2, -0.15) is 0 Å². The second-order valence-electron chi connectivity index (χ2n) is 5.55. The second-order valence-corrected chi connectivity index (χ2v) is 5.55. The quantitative estimate of drug-likeness (QED) is 0.184. The molecule has 0 saturated carbocycles. The van der Waals surface area contributed by atoms with Crippen LogP contribution >= 0.6 is 0 Å². The van der Waals surface area contributed by atoms with Crippen molar-refractivity contribution in [2.45, 2.75) is 26.7 Å². The molecular formula is C21H23KN2O9. The number of Topliss-reactive ketones (excluding diaryl/α,β-unsaturated/α-hetero) is 1. The van der Waals surface area contributed by atoms with E-state index in [4.69, 9.17) is 5.11 Å². The predicted octanol–water partition coefficient (Wildman–Crippen LogP) is -2.31. The molecule has 1 N–H and O–H groups in total. The van der Waals surface area contributed by atoms with Crippen molar-refractivity contribution >= 4 is 29.7 Å². The number of hydrogen-bond acceptors (Lipinski definition) is 10. The van der Waals surface area contributed by atoms with Crippen molar-refractivity contribution in [1.29, 1.82) is 0 Å². The SMILES string of the molecule is CCOC(=O)CC(=O)[O-].CCOC(=O)CC(=O)c1cccnc1.O=C(O)c1cccnc1.[K+]. The topological polar surface area (TPSA) is 173 Å². The third kappa shape index (κ3) is 17.7. The number of carbonyl (C=O) groups excluding carboxylic acids is 4. The van der Waals surface area contributed by atoms with Crippen LogP contribution in [0.2, 0.25) is 0 Å². The van der Waals surface area contributed by atoms with Gasteiger partial charge >= 0.3 is 69.3 Å². The Morgan fingerprint density at radius 3 is 1.64 bits per heavy atom. The largest absolute Gasteiger partial charge is 1.00 e. The molecule has 0 aromatic carbocycles. The monoisotopic (exact) mass is 486 g/mol. The molecule has 0 atom stereocenters. The zero-order valence-corrected chi connectivity index (χ0v) is 21.7. The summed E-state index contributed by atoms with van der Waals surface area (Å²) in [6.45, 7) is 3.80. The fourth-order valence-corrected chi connectivity index (χ4v) is 1.79. The first kappa shape index (κ1) is 32.7. The summed E-state index contributed by atoms with van der Waals surface area (Å²) in [5.41, 5.74) is 0.651. The first-order valence-corrected chi connectivity index (χ1v) is 9.28. The van der Waals surface area contributed by atoms with Gasteiger partial charge in [-0.15, -0.1) is 0 Å². The summed E-state index contributed by atoms with van der Waals surface area (Å²) in [5, 5.41) is 18.0. The zero-order valence-electron chi connectivity index (χ0n) is 18.6. The van der Waals surface area contributed by atoms with Crippen LogP contribution in [0.3, 0.4) is 0 Å². The summed E-state index contributed by atoms with van der Waals surface area (Å²) >= 11 is 0. The number of ether oxygens (including phenoxy) is 2. The molecule has 2 aromatic heterocycles. The number of nitrogens with zero attached hydrogens (tertiary/aromatic N) is 2.